The number of rotatable bonds is 5. The highest BCUT2D eigenvalue weighted by Crippen LogP contribution is 2.39. The number of hydrogen-bond donors (Lipinski definition) is 1. The van der Waals surface area contributed by atoms with Crippen molar-refractivity contribution < 1.29 is 41.3 Å². The first kappa shape index (κ1) is 24.1. The van der Waals surface area contributed by atoms with Crippen LogP contribution in [0.25, 0.3) is 11.3 Å². The Morgan fingerprint density at radius 2 is 1.92 bits per heavy atom. The summed E-state index contributed by atoms with van der Waals surface area (Å²) in [6, 6.07) is 8.59. The van der Waals surface area contributed by atoms with Crippen molar-refractivity contribution in [3.63, 3.8) is 0 Å². The summed E-state index contributed by atoms with van der Waals surface area (Å²) in [4.78, 5) is 18.7. The van der Waals surface area contributed by atoms with E-state index in [4.69, 9.17) is 9.47 Å². The van der Waals surface area contributed by atoms with Crippen LogP contribution >= 0.6 is 0 Å². The molecule has 1 fully saturated rings. The molecule has 1 atom stereocenters. The van der Waals surface area contributed by atoms with Crippen molar-refractivity contribution in [3.05, 3.63) is 77.0 Å². The summed E-state index contributed by atoms with van der Waals surface area (Å²) in [5, 5.41) is 10.6. The Balaban J connectivity index is 1.49. The van der Waals surface area contributed by atoms with Gasteiger partial charge >= 0.3 is 6.18 Å². The molecule has 1 amide bonds. The second kappa shape index (κ2) is 8.82. The van der Waals surface area contributed by atoms with E-state index >= 15 is 0 Å². The molecule has 3 aromatic rings. The molecule has 0 saturated carbocycles. The zero-order valence-corrected chi connectivity index (χ0v) is 18.6. The maximum absolute atomic E-state index is 15.0. The zero-order valence-electron chi connectivity index (χ0n) is 18.6. The molecule has 2 aromatic carbocycles. The third kappa shape index (κ3) is 4.40. The lowest BCUT2D eigenvalue weighted by Gasteiger charge is -2.23. The maximum atomic E-state index is 15.0. The summed E-state index contributed by atoms with van der Waals surface area (Å²) in [6.07, 6.45) is -3.09. The van der Waals surface area contributed by atoms with Crippen LogP contribution in [0, 0.1) is 11.6 Å². The quantitative estimate of drug-likeness (QED) is 0.507. The van der Waals surface area contributed by atoms with Crippen molar-refractivity contribution >= 4 is 11.6 Å². The van der Waals surface area contributed by atoms with Crippen molar-refractivity contribution in [3.8, 4) is 17.0 Å². The van der Waals surface area contributed by atoms with E-state index in [0.717, 1.165) is 18.2 Å². The first-order chi connectivity index (χ1) is 17.1. The summed E-state index contributed by atoms with van der Waals surface area (Å²) >= 11 is 0. The van der Waals surface area contributed by atoms with E-state index in [-0.39, 0.29) is 53.4 Å². The Labute approximate surface area is 201 Å². The lowest BCUT2D eigenvalue weighted by molar-refractivity contribution is -0.153. The van der Waals surface area contributed by atoms with Crippen molar-refractivity contribution in [2.24, 2.45) is 0 Å². The van der Waals surface area contributed by atoms with Crippen molar-refractivity contribution in [2.45, 2.75) is 24.7 Å². The average Bonchev–Trinajstić information content (AvgIpc) is 3.41. The Hall–Kier alpha value is -3.57. The minimum atomic E-state index is -4.64. The van der Waals surface area contributed by atoms with Gasteiger partial charge in [0.15, 0.2) is 6.61 Å². The predicted octanol–water partition coefficient (Wildman–Crippen LogP) is 4.74. The van der Waals surface area contributed by atoms with Gasteiger partial charge in [-0.3, -0.25) is 9.78 Å². The lowest BCUT2D eigenvalue weighted by atomic mass is 9.92. The zero-order chi connectivity index (χ0) is 25.7. The van der Waals surface area contributed by atoms with E-state index in [0.29, 0.717) is 12.2 Å². The molecule has 1 aromatic heterocycles. The van der Waals surface area contributed by atoms with Crippen LogP contribution < -0.4 is 9.64 Å². The van der Waals surface area contributed by atoms with Crippen LogP contribution in [0.3, 0.4) is 0 Å². The van der Waals surface area contributed by atoms with Gasteiger partial charge < -0.3 is 19.5 Å². The smallest absolute Gasteiger partial charge is 0.422 e. The molecule has 6 nitrogen and oxygen atoms in total. The van der Waals surface area contributed by atoms with Gasteiger partial charge in [-0.15, -0.1) is 0 Å². The van der Waals surface area contributed by atoms with Crippen molar-refractivity contribution in [1.82, 2.24) is 4.98 Å². The molecule has 1 saturated heterocycles. The number of hydrogen-bond acceptors (Lipinski definition) is 5. The monoisotopic (exact) mass is 506 g/mol. The van der Waals surface area contributed by atoms with Crippen LogP contribution in [0.5, 0.6) is 5.75 Å². The van der Waals surface area contributed by atoms with Gasteiger partial charge in [0.25, 0.3) is 5.91 Å². The highest BCUT2D eigenvalue weighted by molar-refractivity contribution is 6.11. The number of aromatic nitrogens is 1. The lowest BCUT2D eigenvalue weighted by Crippen LogP contribution is -2.28. The second-order valence-corrected chi connectivity index (χ2v) is 8.62. The highest BCUT2D eigenvalue weighted by atomic mass is 19.4. The van der Waals surface area contributed by atoms with Crippen molar-refractivity contribution in [1.29, 1.82) is 0 Å². The molecule has 0 unspecified atom stereocenters. The molecule has 188 valence electrons. The Morgan fingerprint density at radius 1 is 1.11 bits per heavy atom. The third-order valence-corrected chi connectivity index (χ3v) is 6.20. The Bertz CT molecular complexity index is 1340. The molecular weight excluding hydrogens is 487 g/mol. The van der Waals surface area contributed by atoms with Gasteiger partial charge in [-0.2, -0.15) is 13.2 Å². The van der Waals surface area contributed by atoms with Gasteiger partial charge in [0.2, 0.25) is 0 Å². The van der Waals surface area contributed by atoms with Crippen LogP contribution in [0.2, 0.25) is 0 Å². The molecule has 36 heavy (non-hydrogen) atoms. The summed E-state index contributed by atoms with van der Waals surface area (Å²) in [5.74, 6) is -2.35. The fraction of sp³-hybridized carbons (Fsp3) is 0.280. The number of fused-ring (bicyclic) bond motifs is 1. The van der Waals surface area contributed by atoms with Gasteiger partial charge in [0.05, 0.1) is 18.8 Å². The van der Waals surface area contributed by atoms with E-state index in [9.17, 15) is 31.9 Å². The SMILES string of the molecule is O=C1c2ccnc(-c3ccc(F)cc3OCC(F)(F)F)c2CN1c1ccc([C@]2(O)CCOC2)c(F)c1. The maximum Gasteiger partial charge on any atom is 0.422 e. The summed E-state index contributed by atoms with van der Waals surface area (Å²) in [7, 11) is 0. The van der Waals surface area contributed by atoms with Crippen molar-refractivity contribution in [2.75, 3.05) is 24.7 Å². The number of carbonyl (C=O) groups excluding carboxylic acids is 1. The van der Waals surface area contributed by atoms with E-state index in [1.54, 1.807) is 0 Å². The molecule has 0 spiro atoms. The Kier molecular flexibility index (Phi) is 5.92. The molecule has 0 aliphatic carbocycles. The van der Waals surface area contributed by atoms with E-state index in [2.05, 4.69) is 4.98 Å². The van der Waals surface area contributed by atoms with Crippen LogP contribution in [-0.4, -0.2) is 42.0 Å². The minimum Gasteiger partial charge on any atom is -0.483 e. The molecule has 5 rings (SSSR count). The molecule has 1 N–H and O–H groups in total. The number of amides is 1. The first-order valence-electron chi connectivity index (χ1n) is 11.0. The minimum absolute atomic E-state index is 0.0389. The van der Waals surface area contributed by atoms with Gasteiger partial charge in [-0.25, -0.2) is 8.78 Å². The van der Waals surface area contributed by atoms with E-state index in [1.165, 1.54) is 35.4 Å². The van der Waals surface area contributed by atoms with Gasteiger partial charge in [-0.1, -0.05) is 6.07 Å². The van der Waals surface area contributed by atoms with Gasteiger partial charge in [0.1, 0.15) is 23.0 Å². The highest BCUT2D eigenvalue weighted by Gasteiger charge is 2.38. The second-order valence-electron chi connectivity index (χ2n) is 8.62. The first-order valence-corrected chi connectivity index (χ1v) is 11.0. The number of halogens is 5. The van der Waals surface area contributed by atoms with Crippen LogP contribution in [0.4, 0.5) is 27.6 Å². The fourth-order valence-corrected chi connectivity index (χ4v) is 4.46. The number of nitrogens with zero attached hydrogens (tertiary/aromatic N) is 2. The van der Waals surface area contributed by atoms with Crippen LogP contribution in [0.1, 0.15) is 27.9 Å². The standard InChI is InChI=1S/C25H19F5N2O4/c26-14-1-3-17(21(9-14)36-13-25(28,29)30)22-18-11-32(23(33)16(18)5-7-31-22)15-2-4-19(20(27)10-15)24(34)6-8-35-12-24/h1-5,7,9-10,34H,6,8,11-13H2/t24-/m0/s1. The number of aliphatic hydroxyl groups is 1. The van der Waals surface area contributed by atoms with Gasteiger partial charge in [0, 0.05) is 53.2 Å². The molecule has 2 aliphatic heterocycles. The largest absolute Gasteiger partial charge is 0.483 e. The molecule has 0 bridgehead atoms. The van der Waals surface area contributed by atoms with Gasteiger partial charge in [-0.05, 0) is 30.3 Å². The predicted molar refractivity (Wildman–Crippen MR) is 117 cm³/mol. The molecule has 2 aliphatic rings. The topological polar surface area (TPSA) is 71.9 Å². The Morgan fingerprint density at radius 3 is 2.61 bits per heavy atom. The molecular formula is C25H19F5N2O4. The number of benzene rings is 2. The van der Waals surface area contributed by atoms with E-state index in [1.807, 2.05) is 0 Å². The van der Waals surface area contributed by atoms with Crippen LogP contribution in [0.15, 0.2) is 48.7 Å². The fourth-order valence-electron chi connectivity index (χ4n) is 4.46. The number of pyridine rings is 1. The number of ether oxygens (including phenoxy) is 2. The molecule has 11 heteroatoms. The number of carbonyl (C=O) groups is 1. The molecule has 0 radical (unpaired) electrons. The number of alkyl halides is 3. The normalized spacial score (nSPS) is 19.6. The summed E-state index contributed by atoms with van der Waals surface area (Å²) < 4.78 is 77.0. The number of anilines is 1. The molecule has 3 heterocycles. The third-order valence-electron chi connectivity index (χ3n) is 6.20. The van der Waals surface area contributed by atoms with E-state index < -0.39 is 35.9 Å². The van der Waals surface area contributed by atoms with Crippen LogP contribution in [-0.2, 0) is 16.9 Å². The average molecular weight is 506 g/mol. The summed E-state index contributed by atoms with van der Waals surface area (Å²) in [6.45, 7) is -1.43. The summed E-state index contributed by atoms with van der Waals surface area (Å²) in [5.41, 5.74) is -0.344.